The largest absolute Gasteiger partial charge is 0.505 e. The molecule has 0 amide bonds. The van der Waals surface area contributed by atoms with Crippen LogP contribution in [-0.2, 0) is 4.74 Å². The van der Waals surface area contributed by atoms with Crippen molar-refractivity contribution in [2.24, 2.45) is 5.41 Å². The molecule has 4 nitrogen and oxygen atoms in total. The van der Waals surface area contributed by atoms with E-state index in [0.29, 0.717) is 6.42 Å². The zero-order valence-electron chi connectivity index (χ0n) is 10.7. The number of hydrogen-bond acceptors (Lipinski definition) is 3. The molecule has 0 radical (unpaired) electrons. The molecule has 0 fully saturated rings. The summed E-state index contributed by atoms with van der Waals surface area (Å²) in [6, 6.07) is 0. The van der Waals surface area contributed by atoms with Crippen LogP contribution >= 0.6 is 0 Å². The first-order valence-electron chi connectivity index (χ1n) is 5.87. The average molecular weight is 232 g/mol. The van der Waals surface area contributed by atoms with E-state index in [9.17, 15) is 9.90 Å². The van der Waals surface area contributed by atoms with Gasteiger partial charge in [0.1, 0.15) is 6.61 Å². The van der Waals surface area contributed by atoms with Crippen molar-refractivity contribution in [3.63, 3.8) is 0 Å². The van der Waals surface area contributed by atoms with Crippen LogP contribution in [0.5, 0.6) is 0 Å². The second-order valence-corrected chi connectivity index (χ2v) is 4.85. The summed E-state index contributed by atoms with van der Waals surface area (Å²) in [7, 11) is 0. The molecular formula is C12H24O4. The summed E-state index contributed by atoms with van der Waals surface area (Å²) in [5.41, 5.74) is -1.42. The fourth-order valence-electron chi connectivity index (χ4n) is 1.98. The van der Waals surface area contributed by atoms with Crippen molar-refractivity contribution in [3.05, 3.63) is 0 Å². The van der Waals surface area contributed by atoms with Gasteiger partial charge in [0.2, 0.25) is 0 Å². The van der Waals surface area contributed by atoms with E-state index in [1.54, 1.807) is 13.8 Å². The molecule has 0 aromatic carbocycles. The van der Waals surface area contributed by atoms with Crippen molar-refractivity contribution < 1.29 is 19.7 Å². The van der Waals surface area contributed by atoms with E-state index < -0.39 is 17.2 Å². The standard InChI is InChI=1S/C12H24O4/c1-5-7-8-12(6-2,11(3,4)15)9-16-10(13)14/h15H,5-9H2,1-4H3,(H,13,14). The Morgan fingerprint density at radius 2 is 1.88 bits per heavy atom. The van der Waals surface area contributed by atoms with Crippen LogP contribution in [0, 0.1) is 5.41 Å². The van der Waals surface area contributed by atoms with Gasteiger partial charge < -0.3 is 14.9 Å². The molecule has 0 aliphatic rings. The Balaban J connectivity index is 4.74. The van der Waals surface area contributed by atoms with Gasteiger partial charge in [0.25, 0.3) is 0 Å². The summed E-state index contributed by atoms with van der Waals surface area (Å²) in [4.78, 5) is 10.5. The quantitative estimate of drug-likeness (QED) is 0.662. The summed E-state index contributed by atoms with van der Waals surface area (Å²) in [5, 5.41) is 18.8. The Hall–Kier alpha value is -0.770. The smallest absolute Gasteiger partial charge is 0.450 e. The van der Waals surface area contributed by atoms with Crippen LogP contribution in [0.2, 0.25) is 0 Å². The lowest BCUT2D eigenvalue weighted by Gasteiger charge is -2.42. The van der Waals surface area contributed by atoms with Crippen molar-refractivity contribution in [1.29, 1.82) is 0 Å². The van der Waals surface area contributed by atoms with Gasteiger partial charge in [-0.2, -0.15) is 0 Å². The van der Waals surface area contributed by atoms with Gasteiger partial charge >= 0.3 is 6.16 Å². The number of ether oxygens (including phenoxy) is 1. The molecule has 96 valence electrons. The average Bonchev–Trinajstić information content (AvgIpc) is 2.16. The topological polar surface area (TPSA) is 66.8 Å². The molecule has 0 saturated carbocycles. The van der Waals surface area contributed by atoms with Crippen molar-refractivity contribution >= 4 is 6.16 Å². The highest BCUT2D eigenvalue weighted by Crippen LogP contribution is 2.40. The van der Waals surface area contributed by atoms with E-state index in [2.05, 4.69) is 11.7 Å². The lowest BCUT2D eigenvalue weighted by molar-refractivity contribution is -0.0985. The normalized spacial score (nSPS) is 15.6. The molecule has 2 N–H and O–H groups in total. The molecule has 4 heteroatoms. The Kier molecular flexibility index (Phi) is 5.79. The number of carboxylic acid groups (broad SMARTS) is 1. The molecule has 1 unspecified atom stereocenters. The summed E-state index contributed by atoms with van der Waals surface area (Å²) in [6.45, 7) is 7.53. The first-order valence-corrected chi connectivity index (χ1v) is 5.87. The van der Waals surface area contributed by atoms with Crippen LogP contribution in [0.4, 0.5) is 4.79 Å². The molecule has 0 aromatic rings. The third-order valence-corrected chi connectivity index (χ3v) is 3.46. The summed E-state index contributed by atoms with van der Waals surface area (Å²) < 4.78 is 4.68. The molecule has 0 aliphatic carbocycles. The third-order valence-electron chi connectivity index (χ3n) is 3.46. The van der Waals surface area contributed by atoms with Gasteiger partial charge in [-0.1, -0.05) is 26.7 Å². The maximum Gasteiger partial charge on any atom is 0.505 e. The minimum atomic E-state index is -1.28. The molecule has 0 heterocycles. The van der Waals surface area contributed by atoms with Crippen molar-refractivity contribution in [2.75, 3.05) is 6.61 Å². The van der Waals surface area contributed by atoms with E-state index >= 15 is 0 Å². The molecule has 0 rings (SSSR count). The van der Waals surface area contributed by atoms with E-state index in [0.717, 1.165) is 19.3 Å². The number of rotatable bonds is 7. The number of carbonyl (C=O) groups is 1. The summed E-state index contributed by atoms with van der Waals surface area (Å²) in [6.07, 6.45) is 2.17. The number of hydrogen-bond donors (Lipinski definition) is 2. The Morgan fingerprint density at radius 3 is 2.19 bits per heavy atom. The second kappa shape index (κ2) is 6.09. The van der Waals surface area contributed by atoms with Crippen LogP contribution in [-0.4, -0.2) is 28.6 Å². The van der Waals surface area contributed by atoms with Crippen LogP contribution < -0.4 is 0 Å². The predicted molar refractivity (Wildman–Crippen MR) is 62.5 cm³/mol. The first-order chi connectivity index (χ1) is 7.29. The zero-order valence-corrected chi connectivity index (χ0v) is 10.7. The SMILES string of the molecule is CCCCC(CC)(COC(=O)O)C(C)(C)O. The fraction of sp³-hybridized carbons (Fsp3) is 0.917. The number of unbranched alkanes of at least 4 members (excludes halogenated alkanes) is 1. The van der Waals surface area contributed by atoms with Crippen molar-refractivity contribution in [1.82, 2.24) is 0 Å². The Bertz CT molecular complexity index is 220. The van der Waals surface area contributed by atoms with Crippen LogP contribution in [0.1, 0.15) is 53.4 Å². The van der Waals surface area contributed by atoms with Crippen molar-refractivity contribution in [3.8, 4) is 0 Å². The molecule has 0 aliphatic heterocycles. The summed E-state index contributed by atoms with van der Waals surface area (Å²) >= 11 is 0. The van der Waals surface area contributed by atoms with Gasteiger partial charge in [-0.05, 0) is 26.7 Å². The van der Waals surface area contributed by atoms with Gasteiger partial charge in [0, 0.05) is 5.41 Å². The first kappa shape index (κ1) is 15.2. The van der Waals surface area contributed by atoms with Gasteiger partial charge in [-0.3, -0.25) is 0 Å². The second-order valence-electron chi connectivity index (χ2n) is 4.85. The maximum atomic E-state index is 10.5. The minimum absolute atomic E-state index is 0.0579. The molecule has 16 heavy (non-hydrogen) atoms. The van der Waals surface area contributed by atoms with E-state index in [-0.39, 0.29) is 6.61 Å². The molecule has 1 atom stereocenters. The molecule has 0 spiro atoms. The van der Waals surface area contributed by atoms with Gasteiger partial charge in [0.15, 0.2) is 0 Å². The number of aliphatic hydroxyl groups is 1. The van der Waals surface area contributed by atoms with Crippen LogP contribution in [0.25, 0.3) is 0 Å². The lowest BCUT2D eigenvalue weighted by atomic mass is 9.69. The van der Waals surface area contributed by atoms with Gasteiger partial charge in [-0.15, -0.1) is 0 Å². The highest BCUT2D eigenvalue weighted by atomic mass is 16.7. The van der Waals surface area contributed by atoms with Crippen LogP contribution in [0.15, 0.2) is 0 Å². The highest BCUT2D eigenvalue weighted by molar-refractivity contribution is 5.56. The minimum Gasteiger partial charge on any atom is -0.450 e. The monoisotopic (exact) mass is 232 g/mol. The van der Waals surface area contributed by atoms with E-state index in [1.165, 1.54) is 0 Å². The lowest BCUT2D eigenvalue weighted by Crippen LogP contribution is -2.47. The molecule has 0 aromatic heterocycles. The highest BCUT2D eigenvalue weighted by Gasteiger charge is 2.43. The third kappa shape index (κ3) is 4.00. The van der Waals surface area contributed by atoms with E-state index in [4.69, 9.17) is 5.11 Å². The van der Waals surface area contributed by atoms with E-state index in [1.807, 2.05) is 6.92 Å². The maximum absolute atomic E-state index is 10.5. The predicted octanol–water partition coefficient (Wildman–Crippen LogP) is 3.04. The molecule has 0 saturated heterocycles. The zero-order chi connectivity index (χ0) is 12.8. The molecule has 0 bridgehead atoms. The van der Waals surface area contributed by atoms with Crippen molar-refractivity contribution in [2.45, 2.75) is 59.0 Å². The summed E-state index contributed by atoms with van der Waals surface area (Å²) in [5.74, 6) is 0. The van der Waals surface area contributed by atoms with Crippen LogP contribution in [0.3, 0.4) is 0 Å². The Labute approximate surface area is 97.6 Å². The van der Waals surface area contributed by atoms with Gasteiger partial charge in [-0.25, -0.2) is 4.79 Å². The Morgan fingerprint density at radius 1 is 1.31 bits per heavy atom. The fourth-order valence-corrected chi connectivity index (χ4v) is 1.98. The molecular weight excluding hydrogens is 208 g/mol. The van der Waals surface area contributed by atoms with Gasteiger partial charge in [0.05, 0.1) is 5.60 Å².